The third kappa shape index (κ3) is 12.9. The highest BCUT2D eigenvalue weighted by molar-refractivity contribution is 6.32. The van der Waals surface area contributed by atoms with E-state index in [0.29, 0.717) is 0 Å². The summed E-state index contributed by atoms with van der Waals surface area (Å²) in [6.07, 6.45) is 0. The summed E-state index contributed by atoms with van der Waals surface area (Å²) in [6.45, 7) is 0.558. The third-order valence-electron chi connectivity index (χ3n) is 0.730. The van der Waals surface area contributed by atoms with E-state index in [-0.39, 0.29) is 32.6 Å². The molecule has 0 unspecified atom stereocenters. The van der Waals surface area contributed by atoms with Gasteiger partial charge in [0.1, 0.15) is 0 Å². The van der Waals surface area contributed by atoms with Crippen LogP contribution in [0.4, 0.5) is 0 Å². The van der Waals surface area contributed by atoms with E-state index in [1.807, 2.05) is 0 Å². The quantitative estimate of drug-likeness (QED) is 0.272. The Morgan fingerprint density at radius 2 is 1.73 bits per heavy atom. The zero-order valence-electron chi connectivity index (χ0n) is 6.27. The van der Waals surface area contributed by atoms with E-state index >= 15 is 0 Å². The van der Waals surface area contributed by atoms with Gasteiger partial charge in [-0.15, -0.1) is 0 Å². The SMILES string of the molecule is N.OCCOCCOB(O)O. The van der Waals surface area contributed by atoms with E-state index < -0.39 is 7.32 Å². The molecule has 6 N–H and O–H groups in total. The molecule has 7 heteroatoms. The van der Waals surface area contributed by atoms with E-state index in [1.54, 1.807) is 0 Å². The van der Waals surface area contributed by atoms with E-state index in [1.165, 1.54) is 0 Å². The summed E-state index contributed by atoms with van der Waals surface area (Å²) >= 11 is 0. The van der Waals surface area contributed by atoms with Gasteiger partial charge in [-0.25, -0.2) is 0 Å². The smallest absolute Gasteiger partial charge is 0.402 e. The normalized spacial score (nSPS) is 9.00. The van der Waals surface area contributed by atoms with Crippen molar-refractivity contribution >= 4 is 7.32 Å². The zero-order valence-corrected chi connectivity index (χ0v) is 6.27. The molecule has 0 radical (unpaired) electrons. The van der Waals surface area contributed by atoms with Gasteiger partial charge in [0.15, 0.2) is 0 Å². The van der Waals surface area contributed by atoms with Crippen molar-refractivity contribution in [3.63, 3.8) is 0 Å². The first kappa shape index (κ1) is 13.4. The Labute approximate surface area is 65.5 Å². The second kappa shape index (κ2) is 9.82. The molecule has 0 atom stereocenters. The van der Waals surface area contributed by atoms with Gasteiger partial charge in [0.05, 0.1) is 26.4 Å². The van der Waals surface area contributed by atoms with Crippen molar-refractivity contribution in [3.8, 4) is 0 Å². The summed E-state index contributed by atoms with van der Waals surface area (Å²) in [5.41, 5.74) is 0. The van der Waals surface area contributed by atoms with Crippen LogP contribution in [0.5, 0.6) is 0 Å². The second-order valence-corrected chi connectivity index (χ2v) is 1.53. The highest BCUT2D eigenvalue weighted by Gasteiger charge is 2.06. The number of hydrogen-bond donors (Lipinski definition) is 4. The first-order chi connectivity index (χ1) is 4.77. The fourth-order valence-electron chi connectivity index (χ4n) is 0.379. The van der Waals surface area contributed by atoms with Gasteiger partial charge in [-0.1, -0.05) is 0 Å². The number of aliphatic hydroxyl groups is 1. The predicted octanol–water partition coefficient (Wildman–Crippen LogP) is -1.86. The molecule has 68 valence electrons. The lowest BCUT2D eigenvalue weighted by molar-refractivity contribution is 0.0575. The lowest BCUT2D eigenvalue weighted by Crippen LogP contribution is -2.20. The zero-order chi connectivity index (χ0) is 7.82. The van der Waals surface area contributed by atoms with Gasteiger partial charge in [0, 0.05) is 0 Å². The molecule has 6 nitrogen and oxygen atoms in total. The van der Waals surface area contributed by atoms with Crippen LogP contribution >= 0.6 is 0 Å². The minimum absolute atomic E-state index is 0. The number of hydrogen-bond acceptors (Lipinski definition) is 6. The van der Waals surface area contributed by atoms with Gasteiger partial charge < -0.3 is 30.7 Å². The largest absolute Gasteiger partial charge is 0.633 e. The van der Waals surface area contributed by atoms with Crippen LogP contribution in [0.15, 0.2) is 0 Å². The minimum atomic E-state index is -1.74. The molecular formula is C4H14BNO5. The molecule has 0 saturated heterocycles. The topological polar surface area (TPSA) is 114 Å². The van der Waals surface area contributed by atoms with E-state index in [0.717, 1.165) is 0 Å². The fourth-order valence-corrected chi connectivity index (χ4v) is 0.379. The van der Waals surface area contributed by atoms with Crippen LogP contribution in [0, 0.1) is 0 Å². The van der Waals surface area contributed by atoms with Crippen LogP contribution < -0.4 is 6.15 Å². The molecule has 0 rings (SSSR count). The van der Waals surface area contributed by atoms with Crippen molar-refractivity contribution in [1.82, 2.24) is 6.15 Å². The van der Waals surface area contributed by atoms with Crippen LogP contribution in [0.1, 0.15) is 0 Å². The maximum Gasteiger partial charge on any atom is 0.633 e. The van der Waals surface area contributed by atoms with Crippen LogP contribution in [0.3, 0.4) is 0 Å². The average Bonchev–Trinajstić information content (AvgIpc) is 1.87. The molecule has 11 heavy (non-hydrogen) atoms. The summed E-state index contributed by atoms with van der Waals surface area (Å²) in [7, 11) is -1.74. The van der Waals surface area contributed by atoms with Crippen LogP contribution in [0.25, 0.3) is 0 Å². The molecule has 0 saturated carbocycles. The summed E-state index contributed by atoms with van der Waals surface area (Å²) < 4.78 is 9.03. The number of ether oxygens (including phenoxy) is 1. The van der Waals surface area contributed by atoms with Crippen molar-refractivity contribution in [2.75, 3.05) is 26.4 Å². The summed E-state index contributed by atoms with van der Waals surface area (Å²) in [5, 5.41) is 24.5. The highest BCUT2D eigenvalue weighted by Crippen LogP contribution is 1.78. The van der Waals surface area contributed by atoms with Gasteiger partial charge >= 0.3 is 7.32 Å². The second-order valence-electron chi connectivity index (χ2n) is 1.53. The van der Waals surface area contributed by atoms with Crippen molar-refractivity contribution < 1.29 is 24.5 Å². The van der Waals surface area contributed by atoms with Gasteiger partial charge in [0.2, 0.25) is 0 Å². The third-order valence-corrected chi connectivity index (χ3v) is 0.730. The highest BCUT2D eigenvalue weighted by atomic mass is 16.6. The molecule has 0 amide bonds. The van der Waals surface area contributed by atoms with E-state index in [9.17, 15) is 0 Å². The molecule has 0 aliphatic carbocycles. The number of aliphatic hydroxyl groups excluding tert-OH is 1. The Balaban J connectivity index is 0. The Hall–Kier alpha value is -0.175. The summed E-state index contributed by atoms with van der Waals surface area (Å²) in [6, 6.07) is 0. The lowest BCUT2D eigenvalue weighted by atomic mass is 10.3. The molecule has 0 fully saturated rings. The molecule has 0 bridgehead atoms. The molecule has 0 heterocycles. The van der Waals surface area contributed by atoms with E-state index in [4.69, 9.17) is 19.9 Å². The Morgan fingerprint density at radius 3 is 2.18 bits per heavy atom. The molecule has 0 aromatic rings. The van der Waals surface area contributed by atoms with Gasteiger partial charge in [0.25, 0.3) is 0 Å². The maximum absolute atomic E-state index is 8.21. The predicted molar refractivity (Wildman–Crippen MR) is 39.1 cm³/mol. The Kier molecular flexibility index (Phi) is 12.0. The van der Waals surface area contributed by atoms with Gasteiger partial charge in [-0.3, -0.25) is 0 Å². The Bertz CT molecular complexity index is 73.5. The van der Waals surface area contributed by atoms with Crippen molar-refractivity contribution in [3.05, 3.63) is 0 Å². The minimum Gasteiger partial charge on any atom is -0.402 e. The average molecular weight is 167 g/mol. The van der Waals surface area contributed by atoms with E-state index in [2.05, 4.69) is 4.65 Å². The summed E-state index contributed by atoms with van der Waals surface area (Å²) in [5.74, 6) is 0. The first-order valence-electron chi connectivity index (χ1n) is 2.93. The molecule has 0 aromatic heterocycles. The fraction of sp³-hybridized carbons (Fsp3) is 1.00. The molecule has 0 aliphatic heterocycles. The van der Waals surface area contributed by atoms with Crippen LogP contribution in [-0.4, -0.2) is 48.9 Å². The van der Waals surface area contributed by atoms with Crippen molar-refractivity contribution in [1.29, 1.82) is 0 Å². The molecule has 0 aliphatic rings. The van der Waals surface area contributed by atoms with Crippen molar-refractivity contribution in [2.45, 2.75) is 0 Å². The molecule has 0 aromatic carbocycles. The standard InChI is InChI=1S/C4H11BO5.H3N/c6-1-2-9-3-4-10-5(7)8;/h6-8H,1-4H2;1H3. The summed E-state index contributed by atoms with van der Waals surface area (Å²) in [4.78, 5) is 0. The first-order valence-corrected chi connectivity index (χ1v) is 2.93. The Morgan fingerprint density at radius 1 is 1.09 bits per heavy atom. The molecule has 0 spiro atoms. The van der Waals surface area contributed by atoms with Crippen LogP contribution in [-0.2, 0) is 9.39 Å². The number of rotatable bonds is 6. The maximum atomic E-state index is 8.21. The monoisotopic (exact) mass is 167 g/mol. The van der Waals surface area contributed by atoms with Crippen LogP contribution in [0.2, 0.25) is 0 Å². The van der Waals surface area contributed by atoms with Gasteiger partial charge in [-0.2, -0.15) is 0 Å². The van der Waals surface area contributed by atoms with Gasteiger partial charge in [-0.05, 0) is 0 Å². The van der Waals surface area contributed by atoms with Crippen molar-refractivity contribution in [2.24, 2.45) is 0 Å². The molecular weight excluding hydrogens is 153 g/mol. The lowest BCUT2D eigenvalue weighted by Gasteiger charge is -2.02.